The second-order valence-electron chi connectivity index (χ2n) is 8.65. The number of ether oxygens (including phenoxy) is 2. The SMILES string of the molecule is CCCOc1ccc(C2C(=C(O)c3ccc(OCC)cc3)C(=O)C(=O)N2c2nc3ccc(Cl)cc3s2)cc1. The summed E-state index contributed by atoms with van der Waals surface area (Å²) < 4.78 is 12.0. The quantitative estimate of drug-likeness (QED) is 0.149. The van der Waals surface area contributed by atoms with Gasteiger partial charge in [0.1, 0.15) is 17.3 Å². The van der Waals surface area contributed by atoms with E-state index in [1.165, 1.54) is 16.2 Å². The molecule has 9 heteroatoms. The Bertz CT molecular complexity index is 1530. The van der Waals surface area contributed by atoms with E-state index >= 15 is 0 Å². The first-order valence-corrected chi connectivity index (χ1v) is 13.4. The highest BCUT2D eigenvalue weighted by atomic mass is 35.5. The van der Waals surface area contributed by atoms with Gasteiger partial charge in [0.05, 0.1) is 35.0 Å². The molecule has 194 valence electrons. The Morgan fingerprint density at radius 3 is 2.37 bits per heavy atom. The van der Waals surface area contributed by atoms with Gasteiger partial charge >= 0.3 is 5.91 Å². The molecule has 1 saturated heterocycles. The Labute approximate surface area is 228 Å². The van der Waals surface area contributed by atoms with Crippen molar-refractivity contribution >= 4 is 55.7 Å². The predicted molar refractivity (Wildman–Crippen MR) is 149 cm³/mol. The van der Waals surface area contributed by atoms with E-state index in [9.17, 15) is 14.7 Å². The van der Waals surface area contributed by atoms with E-state index in [-0.39, 0.29) is 11.3 Å². The molecule has 1 unspecified atom stereocenters. The Balaban J connectivity index is 1.64. The van der Waals surface area contributed by atoms with E-state index in [4.69, 9.17) is 21.1 Å². The summed E-state index contributed by atoms with van der Waals surface area (Å²) in [6, 6.07) is 18.3. The van der Waals surface area contributed by atoms with Gasteiger partial charge in [0.15, 0.2) is 5.13 Å². The average Bonchev–Trinajstić information content (AvgIpc) is 3.45. The van der Waals surface area contributed by atoms with Crippen molar-refractivity contribution < 1.29 is 24.2 Å². The number of carbonyl (C=O) groups is 2. The summed E-state index contributed by atoms with van der Waals surface area (Å²) in [5.74, 6) is -0.510. The lowest BCUT2D eigenvalue weighted by Gasteiger charge is -2.23. The number of hydrogen-bond donors (Lipinski definition) is 1. The maximum atomic E-state index is 13.5. The zero-order valence-corrected chi connectivity index (χ0v) is 22.4. The molecule has 4 aromatic rings. The summed E-state index contributed by atoms with van der Waals surface area (Å²) in [5, 5.41) is 12.2. The first-order chi connectivity index (χ1) is 18.4. The summed E-state index contributed by atoms with van der Waals surface area (Å²) in [6.45, 7) is 4.98. The van der Waals surface area contributed by atoms with Crippen LogP contribution < -0.4 is 14.4 Å². The van der Waals surface area contributed by atoms with Gasteiger partial charge in [-0.25, -0.2) is 4.98 Å². The van der Waals surface area contributed by atoms with E-state index in [2.05, 4.69) is 4.98 Å². The number of fused-ring (bicyclic) bond motifs is 1. The Hall–Kier alpha value is -3.88. The standard InChI is InChI=1S/C29H25ClN2O5S/c1-3-15-37-21-10-5-17(6-11-21)25-24(26(33)18-7-12-20(13-8-18)36-4-2)27(34)28(35)32(25)29-31-22-14-9-19(30)16-23(22)38-29/h5-14,16,25,33H,3-4,15H2,1-2H3. The number of aliphatic hydroxyl groups excluding tert-OH is 1. The normalized spacial score (nSPS) is 16.8. The first kappa shape index (κ1) is 25.8. The zero-order valence-electron chi connectivity index (χ0n) is 20.8. The highest BCUT2D eigenvalue weighted by Gasteiger charge is 2.48. The summed E-state index contributed by atoms with van der Waals surface area (Å²) in [6.07, 6.45) is 0.867. The van der Waals surface area contributed by atoms with E-state index in [0.29, 0.717) is 51.5 Å². The number of carbonyl (C=O) groups excluding carboxylic acids is 2. The number of thiazole rings is 1. The maximum Gasteiger partial charge on any atom is 0.301 e. The van der Waals surface area contributed by atoms with Gasteiger partial charge in [0.2, 0.25) is 0 Å². The number of aromatic nitrogens is 1. The molecular weight excluding hydrogens is 524 g/mol. The number of aliphatic hydroxyl groups is 1. The lowest BCUT2D eigenvalue weighted by Crippen LogP contribution is -2.29. The minimum atomic E-state index is -0.891. The highest BCUT2D eigenvalue weighted by Crippen LogP contribution is 2.44. The van der Waals surface area contributed by atoms with Gasteiger partial charge in [-0.05, 0) is 73.5 Å². The zero-order chi connectivity index (χ0) is 26.8. The number of ketones is 1. The van der Waals surface area contributed by atoms with Crippen LogP contribution in [-0.2, 0) is 9.59 Å². The third kappa shape index (κ3) is 4.85. The molecule has 5 rings (SSSR count). The van der Waals surface area contributed by atoms with Crippen molar-refractivity contribution in [1.82, 2.24) is 4.98 Å². The highest BCUT2D eigenvalue weighted by molar-refractivity contribution is 7.22. The number of halogens is 1. The molecule has 1 aliphatic rings. The molecule has 0 radical (unpaired) electrons. The molecule has 1 aromatic heterocycles. The Morgan fingerprint density at radius 2 is 1.68 bits per heavy atom. The van der Waals surface area contributed by atoms with Crippen LogP contribution in [0.2, 0.25) is 5.02 Å². The third-order valence-corrected chi connectivity index (χ3v) is 7.35. The first-order valence-electron chi connectivity index (χ1n) is 12.2. The molecule has 0 aliphatic carbocycles. The third-order valence-electron chi connectivity index (χ3n) is 6.10. The molecular formula is C29H25ClN2O5S. The van der Waals surface area contributed by atoms with E-state index in [1.807, 2.05) is 13.8 Å². The van der Waals surface area contributed by atoms with Crippen molar-refractivity contribution in [1.29, 1.82) is 0 Å². The van der Waals surface area contributed by atoms with Crippen molar-refractivity contribution in [2.24, 2.45) is 0 Å². The van der Waals surface area contributed by atoms with Crippen LogP contribution in [0.3, 0.4) is 0 Å². The molecule has 3 aromatic carbocycles. The van der Waals surface area contributed by atoms with E-state index in [1.54, 1.807) is 66.7 Å². The maximum absolute atomic E-state index is 13.5. The van der Waals surface area contributed by atoms with Crippen LogP contribution in [0.25, 0.3) is 16.0 Å². The molecule has 38 heavy (non-hydrogen) atoms. The van der Waals surface area contributed by atoms with Crippen molar-refractivity contribution in [3.05, 3.63) is 88.5 Å². The van der Waals surface area contributed by atoms with Crippen LogP contribution in [0.1, 0.15) is 37.4 Å². The predicted octanol–water partition coefficient (Wildman–Crippen LogP) is 6.76. The van der Waals surface area contributed by atoms with Crippen LogP contribution in [-0.4, -0.2) is 35.0 Å². The molecule has 1 aliphatic heterocycles. The molecule has 1 atom stereocenters. The number of amides is 1. The van der Waals surface area contributed by atoms with Gasteiger partial charge in [-0.3, -0.25) is 14.5 Å². The van der Waals surface area contributed by atoms with E-state index < -0.39 is 17.7 Å². The lowest BCUT2D eigenvalue weighted by molar-refractivity contribution is -0.132. The second-order valence-corrected chi connectivity index (χ2v) is 10.1. The average molecular weight is 549 g/mol. The number of Topliss-reactive ketones (excluding diaryl/α,β-unsaturated/α-hetero) is 1. The largest absolute Gasteiger partial charge is 0.507 e. The van der Waals surface area contributed by atoms with Gasteiger partial charge in [-0.2, -0.15) is 0 Å². The molecule has 0 spiro atoms. The summed E-state index contributed by atoms with van der Waals surface area (Å²) >= 11 is 7.42. The van der Waals surface area contributed by atoms with Gasteiger partial charge in [0, 0.05) is 10.6 Å². The van der Waals surface area contributed by atoms with Crippen LogP contribution in [0, 0.1) is 0 Å². The molecule has 1 N–H and O–H groups in total. The van der Waals surface area contributed by atoms with Crippen molar-refractivity contribution in [3.63, 3.8) is 0 Å². The topological polar surface area (TPSA) is 89.0 Å². The van der Waals surface area contributed by atoms with Gasteiger partial charge in [-0.15, -0.1) is 0 Å². The monoisotopic (exact) mass is 548 g/mol. The minimum absolute atomic E-state index is 0.0151. The molecule has 0 saturated carbocycles. The molecule has 7 nitrogen and oxygen atoms in total. The fraction of sp³-hybridized carbons (Fsp3) is 0.207. The molecule has 2 heterocycles. The summed E-state index contributed by atoms with van der Waals surface area (Å²) in [4.78, 5) is 32.9. The van der Waals surface area contributed by atoms with E-state index in [0.717, 1.165) is 11.1 Å². The second kappa shape index (κ2) is 10.8. The molecule has 1 amide bonds. The van der Waals surface area contributed by atoms with Gasteiger partial charge in [0.25, 0.3) is 5.78 Å². The number of anilines is 1. The number of nitrogens with zero attached hydrogens (tertiary/aromatic N) is 2. The number of hydrogen-bond acceptors (Lipinski definition) is 7. The smallest absolute Gasteiger partial charge is 0.301 e. The lowest BCUT2D eigenvalue weighted by atomic mass is 9.95. The fourth-order valence-electron chi connectivity index (χ4n) is 4.33. The van der Waals surface area contributed by atoms with Crippen molar-refractivity contribution in [2.75, 3.05) is 18.1 Å². The molecule has 0 bridgehead atoms. The van der Waals surface area contributed by atoms with Crippen molar-refractivity contribution in [2.45, 2.75) is 26.3 Å². The van der Waals surface area contributed by atoms with Crippen LogP contribution >= 0.6 is 22.9 Å². The minimum Gasteiger partial charge on any atom is -0.507 e. The Kier molecular flexibility index (Phi) is 7.35. The summed E-state index contributed by atoms with van der Waals surface area (Å²) in [5.41, 5.74) is 1.68. The van der Waals surface area contributed by atoms with Gasteiger partial charge in [-0.1, -0.05) is 42.0 Å². The number of rotatable bonds is 8. The van der Waals surface area contributed by atoms with Crippen molar-refractivity contribution in [3.8, 4) is 11.5 Å². The van der Waals surface area contributed by atoms with Crippen LogP contribution in [0.5, 0.6) is 11.5 Å². The van der Waals surface area contributed by atoms with Crippen LogP contribution in [0.4, 0.5) is 5.13 Å². The Morgan fingerprint density at radius 1 is 1.00 bits per heavy atom. The summed E-state index contributed by atoms with van der Waals surface area (Å²) in [7, 11) is 0. The molecule has 1 fully saturated rings. The van der Waals surface area contributed by atoms with Gasteiger partial charge < -0.3 is 14.6 Å². The fourth-order valence-corrected chi connectivity index (χ4v) is 5.60. The van der Waals surface area contributed by atoms with Crippen LogP contribution in [0.15, 0.2) is 72.3 Å². The number of benzene rings is 3.